The van der Waals surface area contributed by atoms with E-state index in [4.69, 9.17) is 4.74 Å². The molecule has 0 aliphatic heterocycles. The van der Waals surface area contributed by atoms with Gasteiger partial charge in [0.1, 0.15) is 5.60 Å². The lowest BCUT2D eigenvalue weighted by Crippen LogP contribution is -2.44. The van der Waals surface area contributed by atoms with Gasteiger partial charge in [0.05, 0.1) is 0 Å². The molecule has 1 fully saturated rings. The van der Waals surface area contributed by atoms with Crippen molar-refractivity contribution in [1.29, 1.82) is 0 Å². The number of hydrogen-bond acceptors (Lipinski definition) is 3. The summed E-state index contributed by atoms with van der Waals surface area (Å²) in [5.41, 5.74) is -0.616. The van der Waals surface area contributed by atoms with Gasteiger partial charge in [0.2, 0.25) is 5.91 Å². The van der Waals surface area contributed by atoms with Crippen LogP contribution in [0, 0.1) is 5.41 Å². The normalized spacial score (nSPS) is 17.6. The van der Waals surface area contributed by atoms with Crippen LogP contribution >= 0.6 is 0 Å². The fourth-order valence-corrected chi connectivity index (χ4v) is 2.96. The third-order valence-corrected chi connectivity index (χ3v) is 4.03. The Labute approximate surface area is 134 Å². The van der Waals surface area contributed by atoms with Gasteiger partial charge in [-0.15, -0.1) is 0 Å². The number of ether oxygens (including phenoxy) is 1. The zero-order valence-electron chi connectivity index (χ0n) is 14.6. The molecule has 128 valence electrons. The van der Waals surface area contributed by atoms with E-state index in [-0.39, 0.29) is 11.3 Å². The molecule has 0 aromatic rings. The minimum absolute atomic E-state index is 0.0924. The van der Waals surface area contributed by atoms with E-state index in [0.717, 1.165) is 32.1 Å². The molecular formula is C17H32N2O3. The topological polar surface area (TPSA) is 67.4 Å². The summed E-state index contributed by atoms with van der Waals surface area (Å²) in [6, 6.07) is 0. The van der Waals surface area contributed by atoms with E-state index < -0.39 is 11.7 Å². The first-order valence-corrected chi connectivity index (χ1v) is 8.50. The fourth-order valence-electron chi connectivity index (χ4n) is 2.96. The molecule has 1 rings (SSSR count). The zero-order chi connectivity index (χ0) is 16.6. The van der Waals surface area contributed by atoms with Crippen molar-refractivity contribution in [2.75, 3.05) is 13.1 Å². The molecule has 0 heterocycles. The quantitative estimate of drug-likeness (QED) is 0.790. The first-order chi connectivity index (χ1) is 10.3. The number of hydrogen-bond donors (Lipinski definition) is 2. The second-order valence-electron chi connectivity index (χ2n) is 7.44. The summed E-state index contributed by atoms with van der Waals surface area (Å²) in [7, 11) is 0. The number of rotatable bonds is 6. The Morgan fingerprint density at radius 2 is 1.73 bits per heavy atom. The third-order valence-electron chi connectivity index (χ3n) is 4.03. The van der Waals surface area contributed by atoms with Gasteiger partial charge in [-0.05, 0) is 45.4 Å². The van der Waals surface area contributed by atoms with Crippen molar-refractivity contribution in [3.63, 3.8) is 0 Å². The van der Waals surface area contributed by atoms with Crippen molar-refractivity contribution in [3.05, 3.63) is 0 Å². The van der Waals surface area contributed by atoms with Crippen LogP contribution in [-0.4, -0.2) is 30.7 Å². The van der Waals surface area contributed by atoms with Crippen LogP contribution < -0.4 is 10.6 Å². The summed E-state index contributed by atoms with van der Waals surface area (Å²) < 4.78 is 5.29. The highest BCUT2D eigenvalue weighted by molar-refractivity contribution is 5.77. The minimum atomic E-state index is -0.498. The number of carbonyl (C=O) groups is 2. The highest BCUT2D eigenvalue weighted by Gasteiger charge is 2.35. The average molecular weight is 312 g/mol. The van der Waals surface area contributed by atoms with E-state index in [0.29, 0.717) is 19.5 Å². The molecule has 2 N–H and O–H groups in total. The first-order valence-electron chi connectivity index (χ1n) is 8.50. The molecule has 0 aromatic carbocycles. The molecule has 1 aliphatic carbocycles. The number of alkyl carbamates (subject to hydrolysis) is 1. The Bertz CT molecular complexity index is 369. The van der Waals surface area contributed by atoms with Gasteiger partial charge in [-0.25, -0.2) is 4.79 Å². The van der Waals surface area contributed by atoms with E-state index in [1.54, 1.807) is 0 Å². The predicted molar refractivity (Wildman–Crippen MR) is 87.7 cm³/mol. The lowest BCUT2D eigenvalue weighted by Gasteiger charge is -2.37. The smallest absolute Gasteiger partial charge is 0.407 e. The van der Waals surface area contributed by atoms with Crippen LogP contribution in [0.1, 0.15) is 72.6 Å². The monoisotopic (exact) mass is 312 g/mol. The van der Waals surface area contributed by atoms with Crippen LogP contribution in [0.5, 0.6) is 0 Å². The molecule has 0 bridgehead atoms. The molecule has 0 radical (unpaired) electrons. The van der Waals surface area contributed by atoms with Crippen molar-refractivity contribution in [2.24, 2.45) is 5.41 Å². The van der Waals surface area contributed by atoms with Gasteiger partial charge in [0.25, 0.3) is 0 Å². The van der Waals surface area contributed by atoms with Crippen LogP contribution in [0.3, 0.4) is 0 Å². The summed E-state index contributed by atoms with van der Waals surface area (Å²) in [5.74, 6) is 0.0924. The predicted octanol–water partition coefficient (Wildman–Crippen LogP) is 3.38. The van der Waals surface area contributed by atoms with E-state index in [1.165, 1.54) is 6.42 Å². The van der Waals surface area contributed by atoms with Crippen molar-refractivity contribution < 1.29 is 14.3 Å². The minimum Gasteiger partial charge on any atom is -0.444 e. The van der Waals surface area contributed by atoms with Gasteiger partial charge in [0.15, 0.2) is 0 Å². The summed E-state index contributed by atoms with van der Waals surface area (Å²) in [5, 5.41) is 5.82. The highest BCUT2D eigenvalue weighted by Crippen LogP contribution is 2.38. The molecule has 0 atom stereocenters. The summed E-state index contributed by atoms with van der Waals surface area (Å²) in [4.78, 5) is 24.0. The SMILES string of the molecule is CCCNC(=O)CC1(CNC(=O)OC(C)(C)C)CCCCC1. The summed E-state index contributed by atoms with van der Waals surface area (Å²) >= 11 is 0. The van der Waals surface area contributed by atoms with E-state index in [1.807, 2.05) is 27.7 Å². The Kier molecular flexibility index (Phi) is 7.17. The van der Waals surface area contributed by atoms with Crippen LogP contribution in [0.25, 0.3) is 0 Å². The number of nitrogens with one attached hydrogen (secondary N) is 2. The molecule has 22 heavy (non-hydrogen) atoms. The average Bonchev–Trinajstić information content (AvgIpc) is 2.42. The molecule has 1 aliphatic rings. The largest absolute Gasteiger partial charge is 0.444 e. The Hall–Kier alpha value is -1.26. The molecule has 5 nitrogen and oxygen atoms in total. The van der Waals surface area contributed by atoms with Gasteiger partial charge in [-0.1, -0.05) is 26.2 Å². The summed E-state index contributed by atoms with van der Waals surface area (Å²) in [6.07, 6.45) is 6.47. The maximum absolute atomic E-state index is 12.1. The molecular weight excluding hydrogens is 280 g/mol. The molecule has 0 saturated heterocycles. The fraction of sp³-hybridized carbons (Fsp3) is 0.882. The van der Waals surface area contributed by atoms with Crippen LogP contribution in [0.4, 0.5) is 4.79 Å². The molecule has 0 aromatic heterocycles. The zero-order valence-corrected chi connectivity index (χ0v) is 14.6. The van der Waals surface area contributed by atoms with Crippen LogP contribution in [-0.2, 0) is 9.53 Å². The Balaban J connectivity index is 2.56. The second-order valence-corrected chi connectivity index (χ2v) is 7.44. The molecule has 1 saturated carbocycles. The Morgan fingerprint density at radius 3 is 2.27 bits per heavy atom. The van der Waals surface area contributed by atoms with E-state index in [2.05, 4.69) is 10.6 Å². The van der Waals surface area contributed by atoms with Crippen molar-refractivity contribution in [3.8, 4) is 0 Å². The van der Waals surface area contributed by atoms with Crippen molar-refractivity contribution in [2.45, 2.75) is 78.2 Å². The first kappa shape index (κ1) is 18.8. The van der Waals surface area contributed by atoms with Crippen LogP contribution in [0.2, 0.25) is 0 Å². The second kappa shape index (κ2) is 8.39. The molecule has 2 amide bonds. The van der Waals surface area contributed by atoms with Gasteiger partial charge in [-0.2, -0.15) is 0 Å². The van der Waals surface area contributed by atoms with E-state index in [9.17, 15) is 9.59 Å². The third kappa shape index (κ3) is 7.14. The van der Waals surface area contributed by atoms with Gasteiger partial charge >= 0.3 is 6.09 Å². The molecule has 0 spiro atoms. The van der Waals surface area contributed by atoms with Crippen LogP contribution in [0.15, 0.2) is 0 Å². The molecule has 5 heteroatoms. The Morgan fingerprint density at radius 1 is 1.09 bits per heavy atom. The van der Waals surface area contributed by atoms with Gasteiger partial charge in [-0.3, -0.25) is 4.79 Å². The van der Waals surface area contributed by atoms with Gasteiger partial charge in [0, 0.05) is 19.5 Å². The number of amides is 2. The maximum Gasteiger partial charge on any atom is 0.407 e. The van der Waals surface area contributed by atoms with Crippen molar-refractivity contribution >= 4 is 12.0 Å². The number of carbonyl (C=O) groups excluding carboxylic acids is 2. The summed E-state index contributed by atoms with van der Waals surface area (Å²) in [6.45, 7) is 8.82. The highest BCUT2D eigenvalue weighted by atomic mass is 16.6. The standard InChI is InChI=1S/C17H32N2O3/c1-5-11-18-14(20)12-17(9-7-6-8-10-17)13-19-15(21)22-16(2,3)4/h5-13H2,1-4H3,(H,18,20)(H,19,21). The van der Waals surface area contributed by atoms with Gasteiger partial charge < -0.3 is 15.4 Å². The molecule has 0 unspecified atom stereocenters. The lowest BCUT2D eigenvalue weighted by molar-refractivity contribution is -0.124. The van der Waals surface area contributed by atoms with E-state index >= 15 is 0 Å². The maximum atomic E-state index is 12.1. The lowest BCUT2D eigenvalue weighted by atomic mass is 9.71. The van der Waals surface area contributed by atoms with Crippen molar-refractivity contribution in [1.82, 2.24) is 10.6 Å².